The van der Waals surface area contributed by atoms with Crippen molar-refractivity contribution in [1.29, 1.82) is 0 Å². The number of ether oxygens (including phenoxy) is 2. The number of ketones is 1. The van der Waals surface area contributed by atoms with Crippen molar-refractivity contribution >= 4 is 11.9 Å². The van der Waals surface area contributed by atoms with E-state index in [1.165, 1.54) is 6.92 Å². The third-order valence-electron chi connectivity index (χ3n) is 2.81. The molecule has 0 heterocycles. The molecule has 0 saturated heterocycles. The van der Waals surface area contributed by atoms with Crippen molar-refractivity contribution in [3.8, 4) is 0 Å². The second-order valence-corrected chi connectivity index (χ2v) is 4.76. The SMILES string of the molecule is C=C(OCCN(CCCC)C(=O)OC(C)=CCC)C(C)=O. The van der Waals surface area contributed by atoms with Gasteiger partial charge in [0.1, 0.15) is 12.4 Å². The Bertz CT molecular complexity index is 388. The van der Waals surface area contributed by atoms with Gasteiger partial charge in [0.2, 0.25) is 0 Å². The highest BCUT2D eigenvalue weighted by Crippen LogP contribution is 2.06. The van der Waals surface area contributed by atoms with Crippen LogP contribution in [0, 0.1) is 0 Å². The first kappa shape index (κ1) is 19.2. The number of amides is 1. The van der Waals surface area contributed by atoms with Crippen molar-refractivity contribution < 1.29 is 19.1 Å². The summed E-state index contributed by atoms with van der Waals surface area (Å²) in [4.78, 5) is 24.7. The molecule has 0 fully saturated rings. The summed E-state index contributed by atoms with van der Waals surface area (Å²) in [5.41, 5.74) is 0. The van der Waals surface area contributed by atoms with Gasteiger partial charge in [0.25, 0.3) is 0 Å². The second-order valence-electron chi connectivity index (χ2n) is 4.76. The predicted molar refractivity (Wildman–Crippen MR) is 82.8 cm³/mol. The molecule has 0 aromatic heterocycles. The third kappa shape index (κ3) is 8.89. The fraction of sp³-hybridized carbons (Fsp3) is 0.625. The van der Waals surface area contributed by atoms with Crippen LogP contribution in [0.5, 0.6) is 0 Å². The standard InChI is InChI=1S/C16H27NO4/c1-6-8-10-17(11-12-20-15(5)14(4)18)16(19)21-13(3)9-7-2/h9H,5-8,10-12H2,1-4H3. The maximum atomic E-state index is 12.1. The van der Waals surface area contributed by atoms with Crippen LogP contribution in [-0.2, 0) is 14.3 Å². The minimum atomic E-state index is -0.386. The van der Waals surface area contributed by atoms with E-state index in [1.807, 2.05) is 13.0 Å². The van der Waals surface area contributed by atoms with Crippen LogP contribution in [0.3, 0.4) is 0 Å². The molecule has 0 unspecified atom stereocenters. The average Bonchev–Trinajstić information content (AvgIpc) is 2.42. The van der Waals surface area contributed by atoms with Gasteiger partial charge in [0.15, 0.2) is 11.5 Å². The first-order valence-electron chi connectivity index (χ1n) is 7.38. The Labute approximate surface area is 127 Å². The average molecular weight is 297 g/mol. The lowest BCUT2D eigenvalue weighted by Crippen LogP contribution is -2.35. The molecule has 0 aliphatic carbocycles. The molecule has 0 atom stereocenters. The van der Waals surface area contributed by atoms with E-state index >= 15 is 0 Å². The Morgan fingerprint density at radius 2 is 1.86 bits per heavy atom. The summed E-state index contributed by atoms with van der Waals surface area (Å²) >= 11 is 0. The van der Waals surface area contributed by atoms with E-state index in [4.69, 9.17) is 9.47 Å². The highest BCUT2D eigenvalue weighted by Gasteiger charge is 2.15. The number of Topliss-reactive ketones (excluding diaryl/α,β-unsaturated/α-hetero) is 1. The summed E-state index contributed by atoms with van der Waals surface area (Å²) in [5, 5.41) is 0. The zero-order valence-electron chi connectivity index (χ0n) is 13.6. The number of carbonyl (C=O) groups excluding carboxylic acids is 2. The minimum Gasteiger partial charge on any atom is -0.489 e. The highest BCUT2D eigenvalue weighted by atomic mass is 16.6. The van der Waals surface area contributed by atoms with Crippen molar-refractivity contribution in [3.63, 3.8) is 0 Å². The molecule has 0 radical (unpaired) electrons. The molecular weight excluding hydrogens is 270 g/mol. The Hall–Kier alpha value is -1.78. The molecule has 1 amide bonds. The second kappa shape index (κ2) is 10.9. The summed E-state index contributed by atoms with van der Waals surface area (Å²) in [6, 6.07) is 0. The lowest BCUT2D eigenvalue weighted by molar-refractivity contribution is -0.116. The monoisotopic (exact) mass is 297 g/mol. The van der Waals surface area contributed by atoms with Gasteiger partial charge in [-0.25, -0.2) is 4.79 Å². The smallest absolute Gasteiger partial charge is 0.415 e. The molecular formula is C16H27NO4. The van der Waals surface area contributed by atoms with Crippen molar-refractivity contribution in [1.82, 2.24) is 4.90 Å². The fourth-order valence-electron chi connectivity index (χ4n) is 1.56. The van der Waals surface area contributed by atoms with Crippen LogP contribution in [0.4, 0.5) is 4.79 Å². The van der Waals surface area contributed by atoms with Crippen LogP contribution < -0.4 is 0 Å². The normalized spacial score (nSPS) is 11.0. The molecule has 0 spiro atoms. The lowest BCUT2D eigenvalue weighted by Gasteiger charge is -2.22. The molecule has 5 heteroatoms. The highest BCUT2D eigenvalue weighted by molar-refractivity contribution is 5.90. The van der Waals surface area contributed by atoms with Crippen molar-refractivity contribution in [2.75, 3.05) is 19.7 Å². The van der Waals surface area contributed by atoms with Crippen LogP contribution in [0.2, 0.25) is 0 Å². The molecule has 0 rings (SSSR count). The zero-order chi connectivity index (χ0) is 16.3. The Kier molecular flexibility index (Phi) is 10.0. The third-order valence-corrected chi connectivity index (χ3v) is 2.81. The quantitative estimate of drug-likeness (QED) is 0.456. The van der Waals surface area contributed by atoms with Gasteiger partial charge in [-0.15, -0.1) is 0 Å². The minimum absolute atomic E-state index is 0.112. The molecule has 5 nitrogen and oxygen atoms in total. The fourth-order valence-corrected chi connectivity index (χ4v) is 1.56. The van der Waals surface area contributed by atoms with Crippen LogP contribution in [0.15, 0.2) is 24.2 Å². The Morgan fingerprint density at radius 3 is 2.38 bits per heavy atom. The number of rotatable bonds is 10. The van der Waals surface area contributed by atoms with Gasteiger partial charge < -0.3 is 14.4 Å². The van der Waals surface area contributed by atoms with E-state index in [2.05, 4.69) is 13.5 Å². The van der Waals surface area contributed by atoms with Gasteiger partial charge >= 0.3 is 6.09 Å². The van der Waals surface area contributed by atoms with Gasteiger partial charge in [-0.1, -0.05) is 26.8 Å². The molecule has 0 saturated carbocycles. The molecule has 0 aromatic carbocycles. The molecule has 0 aromatic rings. The summed E-state index contributed by atoms with van der Waals surface area (Å²) in [7, 11) is 0. The van der Waals surface area contributed by atoms with Gasteiger partial charge in [-0.3, -0.25) is 4.79 Å². The number of carbonyl (C=O) groups is 2. The van der Waals surface area contributed by atoms with E-state index < -0.39 is 0 Å². The van der Waals surface area contributed by atoms with Crippen LogP contribution in [0.1, 0.15) is 47.0 Å². The molecule has 0 aliphatic heterocycles. The summed E-state index contributed by atoms with van der Waals surface area (Å²) in [5.74, 6) is 0.498. The zero-order valence-corrected chi connectivity index (χ0v) is 13.6. The molecule has 0 aliphatic rings. The molecule has 21 heavy (non-hydrogen) atoms. The number of hydrogen-bond donors (Lipinski definition) is 0. The largest absolute Gasteiger partial charge is 0.489 e. The maximum Gasteiger partial charge on any atom is 0.415 e. The Balaban J connectivity index is 4.43. The van der Waals surface area contributed by atoms with Crippen LogP contribution in [0.25, 0.3) is 0 Å². The van der Waals surface area contributed by atoms with Crippen molar-refractivity contribution in [2.24, 2.45) is 0 Å². The van der Waals surface area contributed by atoms with E-state index in [0.29, 0.717) is 18.8 Å². The van der Waals surface area contributed by atoms with Gasteiger partial charge in [-0.2, -0.15) is 0 Å². The van der Waals surface area contributed by atoms with Gasteiger partial charge in [-0.05, 0) is 25.8 Å². The first-order chi connectivity index (χ1) is 9.92. The summed E-state index contributed by atoms with van der Waals surface area (Å²) < 4.78 is 10.5. The number of nitrogens with zero attached hydrogens (tertiary/aromatic N) is 1. The van der Waals surface area contributed by atoms with E-state index in [-0.39, 0.29) is 24.2 Å². The van der Waals surface area contributed by atoms with Crippen molar-refractivity contribution in [3.05, 3.63) is 24.2 Å². The summed E-state index contributed by atoms with van der Waals surface area (Å²) in [6.07, 6.45) is 4.15. The van der Waals surface area contributed by atoms with Crippen LogP contribution >= 0.6 is 0 Å². The molecule has 0 bridgehead atoms. The lowest BCUT2D eigenvalue weighted by atomic mass is 10.3. The predicted octanol–water partition coefficient (Wildman–Crippen LogP) is 3.66. The first-order valence-corrected chi connectivity index (χ1v) is 7.38. The topological polar surface area (TPSA) is 55.8 Å². The number of unbranched alkanes of at least 4 members (excludes halogenated alkanes) is 1. The van der Waals surface area contributed by atoms with Gasteiger partial charge in [0.05, 0.1) is 6.54 Å². The van der Waals surface area contributed by atoms with E-state index in [1.54, 1.807) is 11.8 Å². The Morgan fingerprint density at radius 1 is 1.19 bits per heavy atom. The van der Waals surface area contributed by atoms with Gasteiger partial charge in [0, 0.05) is 13.5 Å². The van der Waals surface area contributed by atoms with Crippen LogP contribution in [-0.4, -0.2) is 36.5 Å². The number of allylic oxidation sites excluding steroid dienone is 3. The maximum absolute atomic E-state index is 12.1. The molecule has 120 valence electrons. The molecule has 0 N–H and O–H groups in total. The van der Waals surface area contributed by atoms with Crippen molar-refractivity contribution in [2.45, 2.75) is 47.0 Å². The summed E-state index contributed by atoms with van der Waals surface area (Å²) in [6.45, 7) is 11.9. The van der Waals surface area contributed by atoms with E-state index in [9.17, 15) is 9.59 Å². The number of hydrogen-bond acceptors (Lipinski definition) is 4. The van der Waals surface area contributed by atoms with E-state index in [0.717, 1.165) is 19.3 Å².